The highest BCUT2D eigenvalue weighted by Crippen LogP contribution is 2.38. The molecule has 0 bridgehead atoms. The highest BCUT2D eigenvalue weighted by atomic mass is 31.2. The molecule has 0 saturated heterocycles. The van der Waals surface area contributed by atoms with Gasteiger partial charge < -0.3 is 27.9 Å². The first kappa shape index (κ1) is 45.5. The number of likely N-dealkylation sites (N-methyl/N-ethyl adjacent to an activating group) is 1. The molecule has 0 aliphatic heterocycles. The fourth-order valence-corrected chi connectivity index (χ4v) is 5.26. The van der Waals surface area contributed by atoms with Crippen molar-refractivity contribution in [1.29, 1.82) is 0 Å². The summed E-state index contributed by atoms with van der Waals surface area (Å²) in [5.41, 5.74) is 0. The average molecular weight is 684 g/mol. The van der Waals surface area contributed by atoms with E-state index in [1.165, 1.54) is 38.5 Å². The van der Waals surface area contributed by atoms with Crippen LogP contribution in [-0.2, 0) is 27.9 Å². The maximum Gasteiger partial charge on any atom is 0.306 e. The average Bonchev–Trinajstić information content (AvgIpc) is 3.01. The molecule has 0 radical (unpaired) electrons. The summed E-state index contributed by atoms with van der Waals surface area (Å²) in [6.45, 7) is 5.18. The maximum absolute atomic E-state index is 12.5. The number of rotatable bonds is 33. The van der Waals surface area contributed by atoms with Gasteiger partial charge in [0.05, 0.1) is 34.4 Å². The third-order valence-electron chi connectivity index (χ3n) is 7.39. The number of carbonyl (C=O) groups excluding carboxylic acids is 1. The van der Waals surface area contributed by atoms with Gasteiger partial charge in [-0.15, -0.1) is 0 Å². The smallest absolute Gasteiger partial charge is 0.306 e. The van der Waals surface area contributed by atoms with Crippen LogP contribution in [0, 0.1) is 0 Å². The van der Waals surface area contributed by atoms with Gasteiger partial charge in [-0.2, -0.15) is 0 Å². The lowest BCUT2D eigenvalue weighted by Crippen LogP contribution is -2.37. The molecule has 0 rings (SSSR count). The molecule has 9 heteroatoms. The third kappa shape index (κ3) is 35.6. The van der Waals surface area contributed by atoms with Gasteiger partial charge >= 0.3 is 5.97 Å². The lowest BCUT2D eigenvalue weighted by molar-refractivity contribution is -0.870. The minimum absolute atomic E-state index is 0.0208. The van der Waals surface area contributed by atoms with Crippen LogP contribution in [0.1, 0.15) is 129 Å². The number of hydrogen-bond acceptors (Lipinski definition) is 7. The summed E-state index contributed by atoms with van der Waals surface area (Å²) in [5.74, 6) is -0.351. The van der Waals surface area contributed by atoms with Gasteiger partial charge in [-0.25, -0.2) is 0 Å². The fourth-order valence-electron chi connectivity index (χ4n) is 4.53. The van der Waals surface area contributed by atoms with Crippen molar-refractivity contribution >= 4 is 13.8 Å². The molecule has 0 heterocycles. The summed E-state index contributed by atoms with van der Waals surface area (Å²) in [6, 6.07) is 0. The minimum Gasteiger partial charge on any atom is -0.756 e. The molecule has 0 spiro atoms. The Morgan fingerprint density at radius 1 is 0.681 bits per heavy atom. The van der Waals surface area contributed by atoms with Crippen LogP contribution < -0.4 is 4.89 Å². The predicted octanol–water partition coefficient (Wildman–Crippen LogP) is 9.41. The molecular weight excluding hydrogens is 613 g/mol. The third-order valence-corrected chi connectivity index (χ3v) is 8.36. The number of nitrogens with zero attached hydrogens (tertiary/aromatic N) is 1. The van der Waals surface area contributed by atoms with E-state index < -0.39 is 13.9 Å². The van der Waals surface area contributed by atoms with Crippen LogP contribution in [0.15, 0.2) is 48.6 Å². The number of ether oxygens (including phenoxy) is 2. The number of esters is 1. The minimum atomic E-state index is -4.52. The molecular formula is C38H70NO7P. The first-order chi connectivity index (χ1) is 22.6. The monoisotopic (exact) mass is 683 g/mol. The van der Waals surface area contributed by atoms with E-state index in [9.17, 15) is 14.3 Å². The Labute approximate surface area is 288 Å². The summed E-state index contributed by atoms with van der Waals surface area (Å²) in [7, 11) is 1.33. The highest BCUT2D eigenvalue weighted by molar-refractivity contribution is 7.45. The van der Waals surface area contributed by atoms with Gasteiger partial charge in [0, 0.05) is 13.0 Å². The lowest BCUT2D eigenvalue weighted by atomic mass is 10.1. The van der Waals surface area contributed by atoms with Gasteiger partial charge in [0.2, 0.25) is 0 Å². The summed E-state index contributed by atoms with van der Waals surface area (Å²) in [4.78, 5) is 24.7. The molecule has 0 N–H and O–H groups in total. The normalized spacial score (nSPS) is 14.6. The van der Waals surface area contributed by atoms with Crippen LogP contribution in [0.4, 0.5) is 0 Å². The summed E-state index contributed by atoms with van der Waals surface area (Å²) < 4.78 is 34.3. The summed E-state index contributed by atoms with van der Waals surface area (Å²) in [5, 5.41) is 0. The molecule has 0 amide bonds. The zero-order valence-corrected chi connectivity index (χ0v) is 31.6. The van der Waals surface area contributed by atoms with Crippen molar-refractivity contribution in [3.05, 3.63) is 48.6 Å². The Hall–Kier alpha value is -1.54. The molecule has 0 fully saturated rings. The molecule has 8 nitrogen and oxygen atoms in total. The molecule has 47 heavy (non-hydrogen) atoms. The zero-order valence-electron chi connectivity index (χ0n) is 30.7. The molecule has 0 aromatic carbocycles. The number of phosphoric ester groups is 1. The van der Waals surface area contributed by atoms with Crippen LogP contribution in [0.25, 0.3) is 0 Å². The van der Waals surface area contributed by atoms with Crippen LogP contribution in [-0.4, -0.2) is 70.7 Å². The topological polar surface area (TPSA) is 94.1 Å². The molecule has 0 aromatic heterocycles. The number of quaternary nitrogens is 1. The van der Waals surface area contributed by atoms with E-state index >= 15 is 0 Å². The van der Waals surface area contributed by atoms with Gasteiger partial charge in [-0.05, 0) is 51.4 Å². The largest absolute Gasteiger partial charge is 0.756 e. The van der Waals surface area contributed by atoms with Crippen molar-refractivity contribution in [2.45, 2.75) is 136 Å². The van der Waals surface area contributed by atoms with Gasteiger partial charge in [0.25, 0.3) is 7.82 Å². The van der Waals surface area contributed by atoms with Crippen molar-refractivity contribution in [2.75, 3.05) is 54.1 Å². The molecule has 0 aromatic rings. The highest BCUT2D eigenvalue weighted by Gasteiger charge is 2.20. The van der Waals surface area contributed by atoms with E-state index in [2.05, 4.69) is 62.5 Å². The lowest BCUT2D eigenvalue weighted by Gasteiger charge is -2.28. The fraction of sp³-hybridized carbons (Fsp3) is 0.763. The van der Waals surface area contributed by atoms with E-state index in [1.807, 2.05) is 21.1 Å². The Kier molecular flexibility index (Phi) is 30.7. The Balaban J connectivity index is 4.26. The van der Waals surface area contributed by atoms with E-state index in [0.29, 0.717) is 24.1 Å². The van der Waals surface area contributed by atoms with Crippen LogP contribution >= 0.6 is 7.82 Å². The molecule has 0 aliphatic rings. The Morgan fingerprint density at radius 3 is 1.85 bits per heavy atom. The number of unbranched alkanes of at least 4 members (excludes halogenated alkanes) is 11. The van der Waals surface area contributed by atoms with Gasteiger partial charge in [-0.1, -0.05) is 120 Å². The first-order valence-corrected chi connectivity index (χ1v) is 19.8. The molecule has 0 aliphatic carbocycles. The molecule has 274 valence electrons. The van der Waals surface area contributed by atoms with E-state index in [1.54, 1.807) is 0 Å². The quantitative estimate of drug-likeness (QED) is 0.0224. The second kappa shape index (κ2) is 31.7. The molecule has 0 saturated carbocycles. The maximum atomic E-state index is 12.5. The van der Waals surface area contributed by atoms with E-state index in [-0.39, 0.29) is 25.8 Å². The van der Waals surface area contributed by atoms with E-state index in [4.69, 9.17) is 18.5 Å². The number of allylic oxidation sites excluding steroid dienone is 8. The predicted molar refractivity (Wildman–Crippen MR) is 194 cm³/mol. The van der Waals surface area contributed by atoms with Crippen LogP contribution in [0.5, 0.6) is 0 Å². The van der Waals surface area contributed by atoms with Gasteiger partial charge in [0.1, 0.15) is 19.3 Å². The Bertz CT molecular complexity index is 895. The van der Waals surface area contributed by atoms with Crippen molar-refractivity contribution in [2.24, 2.45) is 0 Å². The van der Waals surface area contributed by atoms with Gasteiger partial charge in [0.15, 0.2) is 0 Å². The Morgan fingerprint density at radius 2 is 1.23 bits per heavy atom. The second-order valence-corrected chi connectivity index (χ2v) is 14.6. The zero-order chi connectivity index (χ0) is 34.9. The van der Waals surface area contributed by atoms with Gasteiger partial charge in [-0.3, -0.25) is 9.36 Å². The van der Waals surface area contributed by atoms with E-state index in [0.717, 1.165) is 70.6 Å². The van der Waals surface area contributed by atoms with Crippen molar-refractivity contribution in [3.8, 4) is 0 Å². The van der Waals surface area contributed by atoms with Crippen molar-refractivity contribution in [3.63, 3.8) is 0 Å². The molecule has 2 unspecified atom stereocenters. The first-order valence-electron chi connectivity index (χ1n) is 18.4. The number of carbonyl (C=O) groups is 1. The molecule has 2 atom stereocenters. The van der Waals surface area contributed by atoms with Crippen molar-refractivity contribution < 1.29 is 37.3 Å². The summed E-state index contributed by atoms with van der Waals surface area (Å²) >= 11 is 0. The standard InChI is InChI=1S/C38H70NO7P/c1-6-8-10-12-14-15-16-17-18-19-20-21-22-23-24-26-28-30-33-43-35-37(36-45-47(41,42)44-34-32-39(3,4)5)46-38(40)31-29-27-25-13-11-9-7-2/h8,10,14-15,17-18,20-21,37H,6-7,9,11-13,16,19,22-36H2,1-5H3/b10-8-,15-14-,18-17-,21-20-. The van der Waals surface area contributed by atoms with Crippen LogP contribution in [0.3, 0.4) is 0 Å². The number of phosphoric acid groups is 1. The van der Waals surface area contributed by atoms with Crippen molar-refractivity contribution in [1.82, 2.24) is 0 Å². The second-order valence-electron chi connectivity index (χ2n) is 13.2. The number of hydrogen-bond donors (Lipinski definition) is 0. The summed E-state index contributed by atoms with van der Waals surface area (Å²) in [6.07, 6.45) is 35.6. The SMILES string of the molecule is CC/C=C\C/C=C\C/C=C\C/C=C\CCCCCCCOCC(COP(=O)([O-])OCC[N+](C)(C)C)OC(=O)CCCCCCCCC. The van der Waals surface area contributed by atoms with Crippen LogP contribution in [0.2, 0.25) is 0 Å².